The topological polar surface area (TPSA) is 87.3 Å². The minimum absolute atomic E-state index is 0.159. The average Bonchev–Trinajstić information content (AvgIpc) is 3.40. The number of carboxylic acid groups (broad SMARTS) is 1. The van der Waals surface area contributed by atoms with Crippen LogP contribution in [0, 0.1) is 0 Å². The lowest BCUT2D eigenvalue weighted by molar-refractivity contribution is -0.137. The number of nitrogens with one attached hydrogen (secondary N) is 2. The van der Waals surface area contributed by atoms with E-state index in [1.807, 2.05) is 24.3 Å². The molecule has 0 radical (unpaired) electrons. The van der Waals surface area contributed by atoms with Gasteiger partial charge in [0.15, 0.2) is 0 Å². The lowest BCUT2D eigenvalue weighted by atomic mass is 9.86. The van der Waals surface area contributed by atoms with Crippen LogP contribution in [0.3, 0.4) is 0 Å². The molecule has 0 aliphatic carbocycles. The third-order valence-corrected chi connectivity index (χ3v) is 5.99. The van der Waals surface area contributed by atoms with E-state index in [0.717, 1.165) is 52.6 Å². The summed E-state index contributed by atoms with van der Waals surface area (Å²) >= 11 is 0. The van der Waals surface area contributed by atoms with Crippen LogP contribution in [0.5, 0.6) is 11.5 Å². The van der Waals surface area contributed by atoms with Gasteiger partial charge in [0.25, 0.3) is 0 Å². The molecule has 4 aromatic rings. The highest BCUT2D eigenvalue weighted by Crippen LogP contribution is 2.41. The summed E-state index contributed by atoms with van der Waals surface area (Å²) in [4.78, 5) is 17.7. The Balaban J connectivity index is 1.73. The van der Waals surface area contributed by atoms with Gasteiger partial charge in [-0.05, 0) is 36.1 Å². The van der Waals surface area contributed by atoms with Crippen molar-refractivity contribution in [1.82, 2.24) is 9.97 Å². The lowest BCUT2D eigenvalue weighted by Crippen LogP contribution is -2.01. The van der Waals surface area contributed by atoms with Crippen LogP contribution in [-0.4, -0.2) is 35.3 Å². The number of aromatic nitrogens is 2. The molecule has 162 valence electrons. The molecule has 2 aromatic carbocycles. The molecule has 0 saturated carbocycles. The summed E-state index contributed by atoms with van der Waals surface area (Å²) in [7, 11) is 3.36. The molecule has 6 heteroatoms. The highest BCUT2D eigenvalue weighted by atomic mass is 16.5. The van der Waals surface area contributed by atoms with Crippen molar-refractivity contribution in [3.63, 3.8) is 0 Å². The highest BCUT2D eigenvalue weighted by molar-refractivity contribution is 5.92. The number of benzene rings is 2. The van der Waals surface area contributed by atoms with E-state index in [1.165, 1.54) is 11.1 Å². The molecular formula is C25H28N2O4. The first-order valence-corrected chi connectivity index (χ1v) is 10.6. The quantitative estimate of drug-likeness (QED) is 0.282. The SMILES string of the molecule is COc1cccc2c(C(CCCCCC(=O)O)c3c[nH]c4c(OC)cccc34)c[nH]c12. The van der Waals surface area contributed by atoms with Gasteiger partial charge in [-0.25, -0.2) is 0 Å². The maximum absolute atomic E-state index is 10.9. The molecule has 0 saturated heterocycles. The molecule has 0 aliphatic rings. The number of hydrogen-bond donors (Lipinski definition) is 3. The van der Waals surface area contributed by atoms with Gasteiger partial charge in [-0.3, -0.25) is 4.79 Å². The van der Waals surface area contributed by atoms with Gasteiger partial charge in [-0.2, -0.15) is 0 Å². The number of para-hydroxylation sites is 2. The molecule has 31 heavy (non-hydrogen) atoms. The standard InChI is InChI=1S/C25H28N2O4/c1-30-21-11-6-9-17-19(14-26-24(17)21)16(8-4-3-5-13-23(28)29)20-15-27-25-18(20)10-7-12-22(25)31-2/h6-7,9-12,14-16,26-27H,3-5,8,13H2,1-2H3,(H,28,29). The molecule has 0 amide bonds. The molecule has 2 heterocycles. The number of ether oxygens (including phenoxy) is 2. The number of H-pyrrole nitrogens is 2. The molecule has 0 aliphatic heterocycles. The average molecular weight is 421 g/mol. The molecule has 3 N–H and O–H groups in total. The first-order valence-electron chi connectivity index (χ1n) is 10.6. The molecule has 4 rings (SSSR count). The van der Waals surface area contributed by atoms with Crippen LogP contribution >= 0.6 is 0 Å². The van der Waals surface area contributed by atoms with Crippen LogP contribution in [0.15, 0.2) is 48.8 Å². The fourth-order valence-electron chi connectivity index (χ4n) is 4.49. The third-order valence-electron chi connectivity index (χ3n) is 5.99. The zero-order valence-corrected chi connectivity index (χ0v) is 17.9. The third kappa shape index (κ3) is 4.10. The molecular weight excluding hydrogens is 392 g/mol. The number of aromatic amines is 2. The van der Waals surface area contributed by atoms with Crippen molar-refractivity contribution < 1.29 is 19.4 Å². The van der Waals surface area contributed by atoms with E-state index in [1.54, 1.807) is 14.2 Å². The highest BCUT2D eigenvalue weighted by Gasteiger charge is 2.22. The predicted octanol–water partition coefficient (Wildman–Crippen LogP) is 5.83. The van der Waals surface area contributed by atoms with Crippen molar-refractivity contribution in [3.8, 4) is 11.5 Å². The first-order chi connectivity index (χ1) is 15.1. The summed E-state index contributed by atoms with van der Waals surface area (Å²) in [5, 5.41) is 11.2. The number of unbranched alkanes of at least 4 members (excludes halogenated alkanes) is 2. The number of methoxy groups -OCH3 is 2. The van der Waals surface area contributed by atoms with Crippen LogP contribution in [-0.2, 0) is 4.79 Å². The van der Waals surface area contributed by atoms with Gasteiger partial charge in [0.1, 0.15) is 11.5 Å². The van der Waals surface area contributed by atoms with Gasteiger partial charge < -0.3 is 24.5 Å². The summed E-state index contributed by atoms with van der Waals surface area (Å²) in [6, 6.07) is 12.2. The Kier molecular flexibility index (Phi) is 6.16. The van der Waals surface area contributed by atoms with Gasteiger partial charge in [-0.15, -0.1) is 0 Å². The van der Waals surface area contributed by atoms with Crippen LogP contribution in [0.25, 0.3) is 21.8 Å². The van der Waals surface area contributed by atoms with Crippen molar-refractivity contribution in [2.45, 2.75) is 38.0 Å². The van der Waals surface area contributed by atoms with Crippen LogP contribution in [0.2, 0.25) is 0 Å². The second kappa shape index (κ2) is 9.16. The molecule has 0 atom stereocenters. The second-order valence-corrected chi connectivity index (χ2v) is 7.80. The fourth-order valence-corrected chi connectivity index (χ4v) is 4.49. The Labute approximate surface area is 181 Å². The summed E-state index contributed by atoms with van der Waals surface area (Å²) in [5.41, 5.74) is 4.42. The van der Waals surface area contributed by atoms with E-state index in [9.17, 15) is 4.79 Å². The van der Waals surface area contributed by atoms with Crippen molar-refractivity contribution in [3.05, 3.63) is 59.9 Å². The Bertz CT molecular complexity index is 1110. The zero-order chi connectivity index (χ0) is 21.8. The molecule has 6 nitrogen and oxygen atoms in total. The molecule has 0 spiro atoms. The lowest BCUT2D eigenvalue weighted by Gasteiger charge is -2.17. The second-order valence-electron chi connectivity index (χ2n) is 7.80. The molecule has 0 bridgehead atoms. The summed E-state index contributed by atoms with van der Waals surface area (Å²) in [6.45, 7) is 0. The normalized spacial score (nSPS) is 11.5. The number of carboxylic acids is 1. The Morgan fingerprint density at radius 3 is 1.90 bits per heavy atom. The molecule has 0 fully saturated rings. The Hall–Kier alpha value is -3.41. The van der Waals surface area contributed by atoms with Crippen molar-refractivity contribution in [2.24, 2.45) is 0 Å². The minimum Gasteiger partial charge on any atom is -0.495 e. The van der Waals surface area contributed by atoms with Gasteiger partial charge >= 0.3 is 5.97 Å². The maximum Gasteiger partial charge on any atom is 0.303 e. The number of rotatable bonds is 10. The largest absolute Gasteiger partial charge is 0.495 e. The van der Waals surface area contributed by atoms with Crippen molar-refractivity contribution >= 4 is 27.8 Å². The Morgan fingerprint density at radius 1 is 0.871 bits per heavy atom. The van der Waals surface area contributed by atoms with Crippen LogP contribution in [0.1, 0.15) is 49.1 Å². The van der Waals surface area contributed by atoms with Crippen molar-refractivity contribution in [1.29, 1.82) is 0 Å². The number of fused-ring (bicyclic) bond motifs is 2. The van der Waals surface area contributed by atoms with Gasteiger partial charge in [0.2, 0.25) is 0 Å². The van der Waals surface area contributed by atoms with E-state index in [4.69, 9.17) is 14.6 Å². The molecule has 2 aromatic heterocycles. The van der Waals surface area contributed by atoms with Gasteiger partial charge in [-0.1, -0.05) is 37.1 Å². The number of aliphatic carboxylic acids is 1. The smallest absolute Gasteiger partial charge is 0.303 e. The first kappa shape index (κ1) is 20.8. The summed E-state index contributed by atoms with van der Waals surface area (Å²) in [5.74, 6) is 1.07. The molecule has 0 unspecified atom stereocenters. The van der Waals surface area contributed by atoms with E-state index in [0.29, 0.717) is 6.42 Å². The number of carbonyl (C=O) groups is 1. The predicted molar refractivity (Wildman–Crippen MR) is 122 cm³/mol. The van der Waals surface area contributed by atoms with Crippen LogP contribution < -0.4 is 9.47 Å². The van der Waals surface area contributed by atoms with E-state index < -0.39 is 5.97 Å². The van der Waals surface area contributed by atoms with Gasteiger partial charge in [0, 0.05) is 35.5 Å². The minimum atomic E-state index is -0.732. The zero-order valence-electron chi connectivity index (χ0n) is 17.9. The summed E-state index contributed by atoms with van der Waals surface area (Å²) < 4.78 is 11.1. The van der Waals surface area contributed by atoms with Crippen molar-refractivity contribution in [2.75, 3.05) is 14.2 Å². The van der Waals surface area contributed by atoms with Crippen LogP contribution in [0.4, 0.5) is 0 Å². The number of hydrogen-bond acceptors (Lipinski definition) is 3. The van der Waals surface area contributed by atoms with E-state index in [-0.39, 0.29) is 12.3 Å². The van der Waals surface area contributed by atoms with E-state index in [2.05, 4.69) is 34.5 Å². The Morgan fingerprint density at radius 2 is 1.42 bits per heavy atom. The van der Waals surface area contributed by atoms with E-state index >= 15 is 0 Å². The monoisotopic (exact) mass is 420 g/mol. The van der Waals surface area contributed by atoms with Gasteiger partial charge in [0.05, 0.1) is 25.3 Å². The maximum atomic E-state index is 10.9. The fraction of sp³-hybridized carbons (Fsp3) is 0.320. The summed E-state index contributed by atoms with van der Waals surface area (Å²) in [6.07, 6.45) is 7.84.